The molecular weight excluding hydrogens is 218 g/mol. The Hall–Kier alpha value is -1.36. The monoisotopic (exact) mass is 237 g/mol. The number of ether oxygens (including phenoxy) is 2. The summed E-state index contributed by atoms with van der Waals surface area (Å²) in [5, 5.41) is 3.32. The molecule has 5 heteroatoms. The molecule has 0 aliphatic carbocycles. The lowest BCUT2D eigenvalue weighted by atomic mass is 9.97. The molecule has 1 aliphatic heterocycles. The van der Waals surface area contributed by atoms with Crippen LogP contribution in [0, 0.1) is 5.92 Å². The standard InChI is InChI=1S/C12H19N3O2/c1-3-16-11-7-14-8-12(15-11)17-10-6-13-5-4-9(10)2/h7-10,13H,3-6H2,1-2H3. The summed E-state index contributed by atoms with van der Waals surface area (Å²) in [6.07, 6.45) is 4.52. The van der Waals surface area contributed by atoms with Crippen LogP contribution in [0.15, 0.2) is 12.4 Å². The molecule has 0 radical (unpaired) electrons. The van der Waals surface area contributed by atoms with Gasteiger partial charge in [-0.15, -0.1) is 0 Å². The van der Waals surface area contributed by atoms with Crippen LogP contribution < -0.4 is 14.8 Å². The Kier molecular flexibility index (Phi) is 4.14. The molecule has 1 aromatic heterocycles. The van der Waals surface area contributed by atoms with Gasteiger partial charge < -0.3 is 14.8 Å². The predicted molar refractivity (Wildman–Crippen MR) is 64.3 cm³/mol. The number of aromatic nitrogens is 2. The van der Waals surface area contributed by atoms with Gasteiger partial charge in [0.05, 0.1) is 19.0 Å². The van der Waals surface area contributed by atoms with E-state index in [1.807, 2.05) is 6.92 Å². The molecule has 17 heavy (non-hydrogen) atoms. The van der Waals surface area contributed by atoms with E-state index in [9.17, 15) is 0 Å². The Balaban J connectivity index is 1.99. The second kappa shape index (κ2) is 5.82. The molecule has 1 aromatic rings. The Bertz CT molecular complexity index is 359. The SMILES string of the molecule is CCOc1cncc(OC2CNCCC2C)n1. The maximum atomic E-state index is 5.84. The van der Waals surface area contributed by atoms with Gasteiger partial charge in [-0.05, 0) is 25.8 Å². The second-order valence-electron chi connectivity index (χ2n) is 4.25. The number of piperidine rings is 1. The van der Waals surface area contributed by atoms with E-state index in [1.54, 1.807) is 12.4 Å². The summed E-state index contributed by atoms with van der Waals surface area (Å²) in [7, 11) is 0. The Morgan fingerprint density at radius 2 is 2.24 bits per heavy atom. The Labute approximate surface area is 102 Å². The number of hydrogen-bond donors (Lipinski definition) is 1. The minimum Gasteiger partial charge on any atom is -0.477 e. The Morgan fingerprint density at radius 3 is 3.00 bits per heavy atom. The molecule has 0 aromatic carbocycles. The fourth-order valence-corrected chi connectivity index (χ4v) is 1.88. The molecule has 1 N–H and O–H groups in total. The van der Waals surface area contributed by atoms with Crippen molar-refractivity contribution >= 4 is 0 Å². The number of nitrogens with one attached hydrogen (secondary N) is 1. The van der Waals surface area contributed by atoms with Crippen LogP contribution in [0.4, 0.5) is 0 Å². The minimum atomic E-state index is 0.162. The van der Waals surface area contributed by atoms with Crippen molar-refractivity contribution in [1.29, 1.82) is 0 Å². The van der Waals surface area contributed by atoms with E-state index >= 15 is 0 Å². The molecule has 2 unspecified atom stereocenters. The number of nitrogens with zero attached hydrogens (tertiary/aromatic N) is 2. The van der Waals surface area contributed by atoms with Gasteiger partial charge in [0, 0.05) is 6.54 Å². The highest BCUT2D eigenvalue weighted by atomic mass is 16.5. The summed E-state index contributed by atoms with van der Waals surface area (Å²) < 4.78 is 11.1. The third kappa shape index (κ3) is 3.30. The first-order valence-electron chi connectivity index (χ1n) is 6.11. The lowest BCUT2D eigenvalue weighted by molar-refractivity contribution is 0.108. The minimum absolute atomic E-state index is 0.162. The van der Waals surface area contributed by atoms with E-state index in [0.717, 1.165) is 19.5 Å². The van der Waals surface area contributed by atoms with Gasteiger partial charge in [-0.1, -0.05) is 6.92 Å². The summed E-state index contributed by atoms with van der Waals surface area (Å²) in [5.74, 6) is 1.59. The average molecular weight is 237 g/mol. The maximum absolute atomic E-state index is 5.84. The van der Waals surface area contributed by atoms with E-state index in [4.69, 9.17) is 9.47 Å². The summed E-state index contributed by atoms with van der Waals surface area (Å²) in [6.45, 7) is 6.63. The average Bonchev–Trinajstić information content (AvgIpc) is 2.33. The van der Waals surface area contributed by atoms with E-state index in [-0.39, 0.29) is 6.10 Å². The van der Waals surface area contributed by atoms with Crippen molar-refractivity contribution in [3.63, 3.8) is 0 Å². The van der Waals surface area contributed by atoms with Gasteiger partial charge in [0.2, 0.25) is 11.8 Å². The maximum Gasteiger partial charge on any atom is 0.235 e. The Morgan fingerprint density at radius 1 is 1.41 bits per heavy atom. The highest BCUT2D eigenvalue weighted by Crippen LogP contribution is 2.19. The van der Waals surface area contributed by atoms with E-state index in [2.05, 4.69) is 22.2 Å². The van der Waals surface area contributed by atoms with Crippen LogP contribution in [0.2, 0.25) is 0 Å². The zero-order valence-corrected chi connectivity index (χ0v) is 10.3. The molecule has 94 valence electrons. The van der Waals surface area contributed by atoms with Gasteiger partial charge in [-0.25, -0.2) is 0 Å². The molecule has 0 spiro atoms. The van der Waals surface area contributed by atoms with Gasteiger partial charge in [0.25, 0.3) is 0 Å². The van der Waals surface area contributed by atoms with E-state index < -0.39 is 0 Å². The molecule has 1 aliphatic rings. The zero-order valence-electron chi connectivity index (χ0n) is 10.3. The summed E-state index contributed by atoms with van der Waals surface area (Å²) in [4.78, 5) is 8.32. The van der Waals surface area contributed by atoms with Gasteiger partial charge in [-0.3, -0.25) is 4.98 Å². The van der Waals surface area contributed by atoms with Gasteiger partial charge >= 0.3 is 0 Å². The fourth-order valence-electron chi connectivity index (χ4n) is 1.88. The molecule has 0 saturated carbocycles. The van der Waals surface area contributed by atoms with Crippen LogP contribution in [-0.2, 0) is 0 Å². The largest absolute Gasteiger partial charge is 0.477 e. The second-order valence-corrected chi connectivity index (χ2v) is 4.25. The third-order valence-corrected chi connectivity index (χ3v) is 2.91. The molecule has 1 fully saturated rings. The van der Waals surface area contributed by atoms with Crippen LogP contribution in [0.3, 0.4) is 0 Å². The molecule has 0 amide bonds. The quantitative estimate of drug-likeness (QED) is 0.854. The highest BCUT2D eigenvalue weighted by molar-refractivity contribution is 5.13. The number of rotatable bonds is 4. The summed E-state index contributed by atoms with van der Waals surface area (Å²) >= 11 is 0. The molecule has 2 rings (SSSR count). The van der Waals surface area contributed by atoms with Crippen LogP contribution in [0.25, 0.3) is 0 Å². The van der Waals surface area contributed by atoms with Gasteiger partial charge in [-0.2, -0.15) is 4.98 Å². The molecule has 0 bridgehead atoms. The summed E-state index contributed by atoms with van der Waals surface area (Å²) in [6, 6.07) is 0. The van der Waals surface area contributed by atoms with Gasteiger partial charge in [0.1, 0.15) is 6.10 Å². The van der Waals surface area contributed by atoms with Crippen molar-refractivity contribution in [3.05, 3.63) is 12.4 Å². The van der Waals surface area contributed by atoms with Crippen molar-refractivity contribution in [2.24, 2.45) is 5.92 Å². The molecule has 1 saturated heterocycles. The van der Waals surface area contributed by atoms with Crippen LogP contribution in [0.5, 0.6) is 11.8 Å². The fraction of sp³-hybridized carbons (Fsp3) is 0.667. The van der Waals surface area contributed by atoms with Crippen molar-refractivity contribution in [2.75, 3.05) is 19.7 Å². The smallest absolute Gasteiger partial charge is 0.235 e. The summed E-state index contributed by atoms with van der Waals surface area (Å²) in [5.41, 5.74) is 0. The zero-order chi connectivity index (χ0) is 12.1. The van der Waals surface area contributed by atoms with Crippen LogP contribution in [0.1, 0.15) is 20.3 Å². The van der Waals surface area contributed by atoms with Gasteiger partial charge in [0.15, 0.2) is 0 Å². The normalized spacial score (nSPS) is 24.4. The first kappa shape index (κ1) is 12.1. The topological polar surface area (TPSA) is 56.3 Å². The molecule has 5 nitrogen and oxygen atoms in total. The van der Waals surface area contributed by atoms with E-state index in [1.165, 1.54) is 0 Å². The lowest BCUT2D eigenvalue weighted by Crippen LogP contribution is -2.43. The van der Waals surface area contributed by atoms with Crippen molar-refractivity contribution < 1.29 is 9.47 Å². The van der Waals surface area contributed by atoms with Crippen molar-refractivity contribution in [1.82, 2.24) is 15.3 Å². The first-order chi connectivity index (χ1) is 8.29. The molecular formula is C12H19N3O2. The van der Waals surface area contributed by atoms with Crippen molar-refractivity contribution in [3.8, 4) is 11.8 Å². The highest BCUT2D eigenvalue weighted by Gasteiger charge is 2.23. The lowest BCUT2D eigenvalue weighted by Gasteiger charge is -2.29. The van der Waals surface area contributed by atoms with Crippen LogP contribution in [-0.4, -0.2) is 35.8 Å². The molecule has 2 atom stereocenters. The number of hydrogen-bond acceptors (Lipinski definition) is 5. The van der Waals surface area contributed by atoms with Crippen molar-refractivity contribution in [2.45, 2.75) is 26.4 Å². The predicted octanol–water partition coefficient (Wildman–Crippen LogP) is 1.25. The third-order valence-electron chi connectivity index (χ3n) is 2.91. The molecule has 2 heterocycles. The first-order valence-corrected chi connectivity index (χ1v) is 6.11. The van der Waals surface area contributed by atoms with Crippen LogP contribution >= 0.6 is 0 Å². The van der Waals surface area contributed by atoms with E-state index in [0.29, 0.717) is 24.3 Å².